The number of benzene rings is 2. The Morgan fingerprint density at radius 1 is 0.982 bits per heavy atom. The highest BCUT2D eigenvalue weighted by Gasteiger charge is 2.36. The molecule has 4 atom stereocenters. The van der Waals surface area contributed by atoms with Crippen LogP contribution in [-0.2, 0) is 25.7 Å². The molecule has 13 heteroatoms. The zero-order chi connectivity index (χ0) is 39.3. The maximum absolute atomic E-state index is 13.7. The molecule has 4 aliphatic rings. The van der Waals surface area contributed by atoms with E-state index in [4.69, 9.17) is 14.2 Å². The molecule has 0 spiro atoms. The Balaban J connectivity index is 1.07. The number of hydrogen-bond acceptors (Lipinski definition) is 10. The Labute approximate surface area is 325 Å². The zero-order valence-electron chi connectivity index (χ0n) is 31.7. The second-order valence-corrected chi connectivity index (χ2v) is 15.4. The third-order valence-corrected chi connectivity index (χ3v) is 11.3. The van der Waals surface area contributed by atoms with Crippen LogP contribution < -0.4 is 20.3 Å². The molecule has 0 radical (unpaired) electrons. The molecule has 3 aromatic rings. The number of phenolic OH excluding ortho intramolecular Hbond substituents is 2. The van der Waals surface area contributed by atoms with Crippen molar-refractivity contribution in [1.82, 2.24) is 14.8 Å². The van der Waals surface area contributed by atoms with E-state index < -0.39 is 23.7 Å². The van der Waals surface area contributed by atoms with E-state index in [0.29, 0.717) is 81.6 Å². The van der Waals surface area contributed by atoms with Crippen LogP contribution in [0.1, 0.15) is 116 Å². The third kappa shape index (κ3) is 8.61. The van der Waals surface area contributed by atoms with E-state index in [-0.39, 0.29) is 83.6 Å². The van der Waals surface area contributed by atoms with Crippen molar-refractivity contribution in [2.45, 2.75) is 95.6 Å². The fourth-order valence-corrected chi connectivity index (χ4v) is 8.52. The molecule has 1 unspecified atom stereocenters. The highest BCUT2D eigenvalue weighted by molar-refractivity contribution is 5.98. The van der Waals surface area contributed by atoms with Gasteiger partial charge in [-0.2, -0.15) is 0 Å². The summed E-state index contributed by atoms with van der Waals surface area (Å²) >= 11 is 0. The summed E-state index contributed by atoms with van der Waals surface area (Å²) in [7, 11) is 0. The lowest BCUT2D eigenvalue weighted by Gasteiger charge is -2.42. The van der Waals surface area contributed by atoms with E-state index in [1.807, 2.05) is 15.5 Å². The number of carbonyl (C=O) groups is 4. The number of fused-ring (bicyclic) bond motifs is 6. The standard InChI is InChI=1S/C43H49N3O10/c1-26-8-5-11-31(47)10-4-2-3-9-29-19-34(48)41(42(52)40(29)43(53)56-26)32(28-15-16-35-36(20-28)55-25-54-35)21-37(49)44-17-7-14-38(50)45-22-27-18-30(24-45)33-12-6-13-39(51)46(33)23-27/h3,6,9,12-13,15-16,19-20,26-27,30,32,48,52H,2,4-5,7-8,10-11,14,17-18,21-25H2,1H3,(H,44,49)/b9-3+/t26-,27+,30-,32?/m0/s1. The number of esters is 1. The van der Waals surface area contributed by atoms with E-state index in [1.54, 1.807) is 49.4 Å². The number of piperidine rings is 1. The fourth-order valence-electron chi connectivity index (χ4n) is 8.52. The maximum Gasteiger partial charge on any atom is 0.342 e. The molecule has 0 aliphatic carbocycles. The molecular formula is C43H49N3O10. The number of rotatable bonds is 8. The molecule has 56 heavy (non-hydrogen) atoms. The first-order valence-corrected chi connectivity index (χ1v) is 19.7. The molecule has 2 bridgehead atoms. The van der Waals surface area contributed by atoms with Crippen LogP contribution in [0.15, 0.2) is 53.3 Å². The van der Waals surface area contributed by atoms with Crippen molar-refractivity contribution in [3.8, 4) is 23.0 Å². The van der Waals surface area contributed by atoms with Crippen LogP contribution in [0.3, 0.4) is 0 Å². The van der Waals surface area contributed by atoms with Crippen LogP contribution in [0, 0.1) is 5.92 Å². The summed E-state index contributed by atoms with van der Waals surface area (Å²) in [6.07, 6.45) is 7.33. The number of ketones is 1. The van der Waals surface area contributed by atoms with Crippen molar-refractivity contribution >= 4 is 29.6 Å². The van der Waals surface area contributed by atoms with Gasteiger partial charge < -0.3 is 39.2 Å². The molecule has 2 aromatic carbocycles. The number of nitrogens with zero attached hydrogens (tertiary/aromatic N) is 2. The number of nitrogens with one attached hydrogen (secondary N) is 1. The predicted octanol–water partition coefficient (Wildman–Crippen LogP) is 5.53. The fraction of sp³-hybridized carbons (Fsp3) is 0.465. The second kappa shape index (κ2) is 17.1. The molecule has 1 saturated heterocycles. The summed E-state index contributed by atoms with van der Waals surface area (Å²) in [6.45, 7) is 3.73. The van der Waals surface area contributed by atoms with Gasteiger partial charge in [-0.3, -0.25) is 19.2 Å². The Morgan fingerprint density at radius 2 is 1.80 bits per heavy atom. The zero-order valence-corrected chi connectivity index (χ0v) is 31.7. The number of allylic oxidation sites excluding steroid dienone is 1. The SMILES string of the molecule is C[C@H]1CCCC(=O)CCC/C=C/c2cc(O)c(C(CC(=O)NCCCC(=O)N3C[C@H]4C[C@@H](C3)c3cccc(=O)n3C4)c3ccc4c(c3)OCO4)c(O)c2C(=O)O1. The summed E-state index contributed by atoms with van der Waals surface area (Å²) in [5, 5.41) is 26.3. The van der Waals surface area contributed by atoms with Gasteiger partial charge in [-0.25, -0.2) is 4.79 Å². The third-order valence-electron chi connectivity index (χ3n) is 11.3. The number of aromatic hydroxyl groups is 2. The Hall–Kier alpha value is -5.59. The Bertz CT molecular complexity index is 2090. The topological polar surface area (TPSA) is 174 Å². The molecule has 1 aromatic heterocycles. The number of pyridine rings is 1. The van der Waals surface area contributed by atoms with Crippen molar-refractivity contribution in [3.05, 3.63) is 86.8 Å². The van der Waals surface area contributed by atoms with E-state index in [0.717, 1.165) is 12.1 Å². The molecule has 7 rings (SSSR count). The first kappa shape index (κ1) is 38.7. The maximum atomic E-state index is 13.7. The number of likely N-dealkylation sites (tertiary alicyclic amines) is 1. The van der Waals surface area contributed by atoms with Crippen LogP contribution in [0.4, 0.5) is 0 Å². The summed E-state index contributed by atoms with van der Waals surface area (Å²) in [4.78, 5) is 67.2. The molecule has 1 fully saturated rings. The molecule has 2 amide bonds. The first-order valence-electron chi connectivity index (χ1n) is 19.7. The summed E-state index contributed by atoms with van der Waals surface area (Å²) in [5.41, 5.74) is 1.61. The van der Waals surface area contributed by atoms with Gasteiger partial charge in [0.15, 0.2) is 11.5 Å². The minimum absolute atomic E-state index is 0.00212. The largest absolute Gasteiger partial charge is 0.507 e. The number of phenols is 2. The second-order valence-electron chi connectivity index (χ2n) is 15.4. The lowest BCUT2D eigenvalue weighted by molar-refractivity contribution is -0.134. The van der Waals surface area contributed by atoms with E-state index in [1.165, 1.54) is 6.07 Å². The highest BCUT2D eigenvalue weighted by atomic mass is 16.7. The molecular weight excluding hydrogens is 718 g/mol. The number of carbonyl (C=O) groups excluding carboxylic acids is 4. The van der Waals surface area contributed by atoms with Crippen molar-refractivity contribution in [2.24, 2.45) is 5.92 Å². The lowest BCUT2D eigenvalue weighted by atomic mass is 9.83. The Kier molecular flexibility index (Phi) is 11.8. The molecule has 0 saturated carbocycles. The van der Waals surface area contributed by atoms with Gasteiger partial charge >= 0.3 is 5.97 Å². The number of aromatic nitrogens is 1. The van der Waals surface area contributed by atoms with Gasteiger partial charge in [0.05, 0.1) is 6.10 Å². The minimum Gasteiger partial charge on any atom is -0.507 e. The van der Waals surface area contributed by atoms with Crippen molar-refractivity contribution in [1.29, 1.82) is 0 Å². The van der Waals surface area contributed by atoms with Gasteiger partial charge in [-0.15, -0.1) is 0 Å². The van der Waals surface area contributed by atoms with Crippen LogP contribution in [0.25, 0.3) is 6.08 Å². The monoisotopic (exact) mass is 767 g/mol. The van der Waals surface area contributed by atoms with Gasteiger partial charge in [-0.05, 0) is 86.8 Å². The summed E-state index contributed by atoms with van der Waals surface area (Å²) < 4.78 is 18.7. The number of amides is 2. The summed E-state index contributed by atoms with van der Waals surface area (Å²) in [5.74, 6) is -1.46. The van der Waals surface area contributed by atoms with Gasteiger partial charge in [-0.1, -0.05) is 24.3 Å². The van der Waals surface area contributed by atoms with Gasteiger partial charge in [0.2, 0.25) is 18.6 Å². The molecule has 3 N–H and O–H groups in total. The summed E-state index contributed by atoms with van der Waals surface area (Å²) in [6, 6.07) is 11.8. The smallest absolute Gasteiger partial charge is 0.342 e. The van der Waals surface area contributed by atoms with Crippen LogP contribution in [-0.4, -0.2) is 75.8 Å². The van der Waals surface area contributed by atoms with E-state index in [2.05, 4.69) is 5.32 Å². The van der Waals surface area contributed by atoms with Gasteiger partial charge in [0.25, 0.3) is 5.56 Å². The lowest BCUT2D eigenvalue weighted by Crippen LogP contribution is -2.49. The molecule has 13 nitrogen and oxygen atoms in total. The van der Waals surface area contributed by atoms with Crippen LogP contribution >= 0.6 is 0 Å². The van der Waals surface area contributed by atoms with Crippen molar-refractivity contribution in [2.75, 3.05) is 26.4 Å². The van der Waals surface area contributed by atoms with Gasteiger partial charge in [0, 0.05) is 81.0 Å². The Morgan fingerprint density at radius 3 is 2.66 bits per heavy atom. The number of hydrogen-bond donors (Lipinski definition) is 3. The number of cyclic esters (lactones) is 1. The van der Waals surface area contributed by atoms with E-state index in [9.17, 15) is 34.2 Å². The quantitative estimate of drug-likeness (QED) is 0.195. The van der Waals surface area contributed by atoms with Crippen LogP contribution in [0.2, 0.25) is 0 Å². The minimum atomic E-state index is -0.923. The van der Waals surface area contributed by atoms with E-state index >= 15 is 0 Å². The average Bonchev–Trinajstić information content (AvgIpc) is 3.64. The van der Waals surface area contributed by atoms with Crippen molar-refractivity contribution < 1.29 is 43.6 Å². The molecule has 4 aliphatic heterocycles. The van der Waals surface area contributed by atoms with Crippen LogP contribution in [0.5, 0.6) is 23.0 Å². The molecule has 5 heterocycles. The predicted molar refractivity (Wildman–Crippen MR) is 206 cm³/mol. The number of ether oxygens (including phenoxy) is 3. The highest BCUT2D eigenvalue weighted by Crippen LogP contribution is 2.46. The van der Waals surface area contributed by atoms with Gasteiger partial charge in [0.1, 0.15) is 22.8 Å². The van der Waals surface area contributed by atoms with Crippen molar-refractivity contribution in [3.63, 3.8) is 0 Å². The first-order chi connectivity index (χ1) is 27.0. The normalized spacial score (nSPS) is 21.9. The average molecular weight is 768 g/mol. The molecule has 296 valence electrons. The number of Topliss-reactive ketones (excluding diaryl/α,β-unsaturated/α-hetero) is 1.